The highest BCUT2D eigenvalue weighted by Gasteiger charge is 2.22. The summed E-state index contributed by atoms with van der Waals surface area (Å²) in [5, 5.41) is 0.675. The number of methoxy groups -OCH3 is 1. The second-order valence-electron chi connectivity index (χ2n) is 6.18. The Morgan fingerprint density at radius 2 is 1.62 bits per heavy atom. The third kappa shape index (κ3) is 3.60. The first-order valence-electron chi connectivity index (χ1n) is 8.75. The lowest BCUT2D eigenvalue weighted by molar-refractivity contribution is 0.0731. The number of benzene rings is 3. The minimum absolute atomic E-state index is 0.0983. The van der Waals surface area contributed by atoms with Crippen LogP contribution < -0.4 is 14.9 Å². The summed E-state index contributed by atoms with van der Waals surface area (Å²) in [6, 6.07) is 20.0. The monoisotopic (exact) mass is 406 g/mol. The molecule has 1 heterocycles. The molecule has 29 heavy (non-hydrogen) atoms. The van der Waals surface area contributed by atoms with Crippen molar-refractivity contribution < 1.29 is 18.7 Å². The number of esters is 1. The van der Waals surface area contributed by atoms with Crippen molar-refractivity contribution in [3.63, 3.8) is 0 Å². The molecule has 0 N–H and O–H groups in total. The van der Waals surface area contributed by atoms with Gasteiger partial charge in [-0.3, -0.25) is 4.79 Å². The highest BCUT2D eigenvalue weighted by Crippen LogP contribution is 2.35. The fourth-order valence-corrected chi connectivity index (χ4v) is 3.14. The molecule has 0 amide bonds. The maximum atomic E-state index is 13.1. The van der Waals surface area contributed by atoms with Crippen LogP contribution in [0.25, 0.3) is 22.3 Å². The molecule has 0 atom stereocenters. The van der Waals surface area contributed by atoms with Gasteiger partial charge in [0.15, 0.2) is 5.76 Å². The Morgan fingerprint density at radius 1 is 0.931 bits per heavy atom. The standard InChI is InChI=1S/C23H15ClO5/c1-27-15-12-10-14(11-13-15)23(26)29-22-20(25)17-7-3-5-9-19(17)28-21(22)16-6-2-4-8-18(16)24/h2-13H,1H3. The number of ether oxygens (including phenoxy) is 2. The van der Waals surface area contributed by atoms with Crippen molar-refractivity contribution in [2.45, 2.75) is 0 Å². The van der Waals surface area contributed by atoms with E-state index in [1.54, 1.807) is 72.8 Å². The van der Waals surface area contributed by atoms with E-state index >= 15 is 0 Å². The average Bonchev–Trinajstić information content (AvgIpc) is 2.76. The summed E-state index contributed by atoms with van der Waals surface area (Å²) in [6.07, 6.45) is 0. The van der Waals surface area contributed by atoms with Crippen LogP contribution in [0.2, 0.25) is 5.02 Å². The van der Waals surface area contributed by atoms with Crippen LogP contribution in [0.1, 0.15) is 10.4 Å². The molecule has 0 aliphatic heterocycles. The summed E-state index contributed by atoms with van der Waals surface area (Å²) in [5.74, 6) is -0.203. The van der Waals surface area contributed by atoms with Crippen molar-refractivity contribution in [1.29, 1.82) is 0 Å². The molecule has 5 nitrogen and oxygen atoms in total. The van der Waals surface area contributed by atoms with E-state index in [4.69, 9.17) is 25.5 Å². The highest BCUT2D eigenvalue weighted by molar-refractivity contribution is 6.33. The number of rotatable bonds is 4. The van der Waals surface area contributed by atoms with Gasteiger partial charge in [0, 0.05) is 5.56 Å². The van der Waals surface area contributed by atoms with Crippen molar-refractivity contribution >= 4 is 28.5 Å². The molecule has 0 saturated carbocycles. The van der Waals surface area contributed by atoms with Gasteiger partial charge in [0.2, 0.25) is 11.2 Å². The molecule has 144 valence electrons. The minimum Gasteiger partial charge on any atom is -0.497 e. The number of carbonyl (C=O) groups excluding carboxylic acids is 1. The van der Waals surface area contributed by atoms with Crippen molar-refractivity contribution in [2.75, 3.05) is 7.11 Å². The van der Waals surface area contributed by atoms with Gasteiger partial charge < -0.3 is 13.9 Å². The Kier molecular flexibility index (Phi) is 5.06. The Labute approximate surface area is 171 Å². The highest BCUT2D eigenvalue weighted by atomic mass is 35.5. The zero-order chi connectivity index (χ0) is 20.4. The van der Waals surface area contributed by atoms with Crippen LogP contribution in [0, 0.1) is 0 Å². The average molecular weight is 407 g/mol. The first-order chi connectivity index (χ1) is 14.1. The number of fused-ring (bicyclic) bond motifs is 1. The summed E-state index contributed by atoms with van der Waals surface area (Å²) >= 11 is 6.30. The molecular formula is C23H15ClO5. The lowest BCUT2D eigenvalue weighted by Gasteiger charge is -2.11. The van der Waals surface area contributed by atoms with E-state index in [-0.39, 0.29) is 17.1 Å². The maximum Gasteiger partial charge on any atom is 0.343 e. The molecule has 0 spiro atoms. The summed E-state index contributed by atoms with van der Waals surface area (Å²) in [4.78, 5) is 25.8. The van der Waals surface area contributed by atoms with Crippen LogP contribution in [0.3, 0.4) is 0 Å². The first-order valence-corrected chi connectivity index (χ1v) is 9.13. The molecule has 1 aromatic heterocycles. The molecule has 0 unspecified atom stereocenters. The first kappa shape index (κ1) is 18.8. The number of carbonyl (C=O) groups is 1. The second kappa shape index (κ2) is 7.81. The van der Waals surface area contributed by atoms with E-state index < -0.39 is 11.4 Å². The van der Waals surface area contributed by atoms with E-state index in [1.165, 1.54) is 7.11 Å². The summed E-state index contributed by atoms with van der Waals surface area (Å²) in [7, 11) is 1.53. The largest absolute Gasteiger partial charge is 0.497 e. The van der Waals surface area contributed by atoms with Gasteiger partial charge in [0.25, 0.3) is 0 Å². The van der Waals surface area contributed by atoms with E-state index in [9.17, 15) is 9.59 Å². The minimum atomic E-state index is -0.691. The molecule has 3 aromatic carbocycles. The molecule has 4 rings (SSSR count). The molecule has 0 radical (unpaired) electrons. The van der Waals surface area contributed by atoms with Crippen LogP contribution in [0.15, 0.2) is 82.0 Å². The van der Waals surface area contributed by atoms with Crippen LogP contribution >= 0.6 is 11.6 Å². The van der Waals surface area contributed by atoms with Crippen LogP contribution in [-0.4, -0.2) is 13.1 Å². The number of para-hydroxylation sites is 1. The van der Waals surface area contributed by atoms with Gasteiger partial charge in [-0.25, -0.2) is 4.79 Å². The van der Waals surface area contributed by atoms with Gasteiger partial charge in [-0.15, -0.1) is 0 Å². The number of hydrogen-bond acceptors (Lipinski definition) is 5. The predicted molar refractivity (Wildman–Crippen MR) is 111 cm³/mol. The van der Waals surface area contributed by atoms with Gasteiger partial charge in [-0.05, 0) is 48.5 Å². The van der Waals surface area contributed by atoms with E-state index in [2.05, 4.69) is 0 Å². The van der Waals surface area contributed by atoms with Gasteiger partial charge in [0.1, 0.15) is 11.3 Å². The summed E-state index contributed by atoms with van der Waals surface area (Å²) in [6.45, 7) is 0. The lowest BCUT2D eigenvalue weighted by atomic mass is 10.1. The quantitative estimate of drug-likeness (QED) is 0.428. The van der Waals surface area contributed by atoms with Gasteiger partial charge in [-0.2, -0.15) is 0 Å². The summed E-state index contributed by atoms with van der Waals surface area (Å²) in [5.41, 5.74) is 0.637. The summed E-state index contributed by atoms with van der Waals surface area (Å²) < 4.78 is 16.5. The topological polar surface area (TPSA) is 65.7 Å². The van der Waals surface area contributed by atoms with Crippen molar-refractivity contribution in [2.24, 2.45) is 0 Å². The smallest absolute Gasteiger partial charge is 0.343 e. The predicted octanol–water partition coefficient (Wildman–Crippen LogP) is 5.34. The molecule has 0 aliphatic rings. The third-order valence-electron chi connectivity index (χ3n) is 4.40. The van der Waals surface area contributed by atoms with Crippen molar-refractivity contribution in [3.05, 3.63) is 93.6 Å². The normalized spacial score (nSPS) is 10.7. The van der Waals surface area contributed by atoms with Gasteiger partial charge in [0.05, 0.1) is 23.1 Å². The number of hydrogen-bond donors (Lipinski definition) is 0. The van der Waals surface area contributed by atoms with Gasteiger partial charge in [-0.1, -0.05) is 35.9 Å². The van der Waals surface area contributed by atoms with E-state index in [0.29, 0.717) is 27.3 Å². The number of halogens is 1. The Bertz CT molecular complexity index is 1260. The molecule has 0 aliphatic carbocycles. The molecular weight excluding hydrogens is 392 g/mol. The van der Waals surface area contributed by atoms with Crippen molar-refractivity contribution in [1.82, 2.24) is 0 Å². The SMILES string of the molecule is COc1ccc(C(=O)Oc2c(-c3ccccc3Cl)oc3ccccc3c2=O)cc1. The lowest BCUT2D eigenvalue weighted by Crippen LogP contribution is -2.16. The Hall–Kier alpha value is -3.57. The Morgan fingerprint density at radius 3 is 2.34 bits per heavy atom. The van der Waals surface area contributed by atoms with Crippen LogP contribution in [0.4, 0.5) is 0 Å². The van der Waals surface area contributed by atoms with E-state index in [0.717, 1.165) is 0 Å². The second-order valence-corrected chi connectivity index (χ2v) is 6.59. The maximum absolute atomic E-state index is 13.1. The third-order valence-corrected chi connectivity index (χ3v) is 4.72. The fraction of sp³-hybridized carbons (Fsp3) is 0.0435. The van der Waals surface area contributed by atoms with Crippen LogP contribution in [0.5, 0.6) is 11.5 Å². The Balaban J connectivity index is 1.86. The zero-order valence-corrected chi connectivity index (χ0v) is 16.1. The van der Waals surface area contributed by atoms with Gasteiger partial charge >= 0.3 is 5.97 Å². The molecule has 0 fully saturated rings. The molecule has 6 heteroatoms. The zero-order valence-electron chi connectivity index (χ0n) is 15.3. The molecule has 4 aromatic rings. The van der Waals surface area contributed by atoms with Crippen LogP contribution in [-0.2, 0) is 0 Å². The molecule has 0 saturated heterocycles. The van der Waals surface area contributed by atoms with E-state index in [1.807, 2.05) is 0 Å². The molecule has 0 bridgehead atoms. The van der Waals surface area contributed by atoms with Crippen molar-refractivity contribution in [3.8, 4) is 22.8 Å². The fourth-order valence-electron chi connectivity index (χ4n) is 2.92.